The van der Waals surface area contributed by atoms with Gasteiger partial charge in [-0.15, -0.1) is 0 Å². The molecule has 0 spiro atoms. The molecule has 3 aliphatic rings. The van der Waals surface area contributed by atoms with Crippen molar-refractivity contribution in [3.8, 4) is 11.5 Å². The van der Waals surface area contributed by atoms with Gasteiger partial charge < -0.3 is 40.0 Å². The second-order valence-corrected chi connectivity index (χ2v) is 13.0. The maximum Gasteiger partial charge on any atom is 0.471 e. The quantitative estimate of drug-likeness (QED) is 0.156. The van der Waals surface area contributed by atoms with Crippen LogP contribution >= 0.6 is 11.6 Å². The van der Waals surface area contributed by atoms with E-state index in [4.69, 9.17) is 25.8 Å². The van der Waals surface area contributed by atoms with Gasteiger partial charge in [0.25, 0.3) is 0 Å². The number of ketones is 2. The fraction of sp³-hybridized carbons (Fsp3) is 0.353. The lowest BCUT2D eigenvalue weighted by molar-refractivity contribution is -0.252. The highest BCUT2D eigenvalue weighted by atomic mass is 35.5. The Bertz CT molecular complexity index is 1920. The molecule has 51 heavy (non-hydrogen) atoms. The summed E-state index contributed by atoms with van der Waals surface area (Å²) in [5.41, 5.74) is -3.38. The van der Waals surface area contributed by atoms with E-state index in [-0.39, 0.29) is 22.3 Å². The number of anilines is 1. The number of nitrogens with one attached hydrogen (secondary N) is 2. The third kappa shape index (κ3) is 6.97. The lowest BCUT2D eigenvalue weighted by atomic mass is 9.73. The van der Waals surface area contributed by atoms with Gasteiger partial charge in [0.2, 0.25) is 0 Å². The molecule has 2 amide bonds. The number of carbonyl (C=O) groups excluding carboxylic acids is 4. The van der Waals surface area contributed by atoms with Crippen molar-refractivity contribution in [3.05, 3.63) is 86.9 Å². The van der Waals surface area contributed by atoms with Gasteiger partial charge in [-0.05, 0) is 31.2 Å². The van der Waals surface area contributed by atoms with Crippen LogP contribution in [0, 0.1) is 0 Å². The number of aliphatic hydroxyl groups is 2. The fourth-order valence-electron chi connectivity index (χ4n) is 6.59. The van der Waals surface area contributed by atoms with Gasteiger partial charge in [0.1, 0.15) is 29.8 Å². The number of hydrogen-bond donors (Lipinski definition) is 6. The van der Waals surface area contributed by atoms with Crippen LogP contribution in [0.3, 0.4) is 0 Å². The molecular weight excluding hydrogens is 705 g/mol. The average molecular weight is 735 g/mol. The summed E-state index contributed by atoms with van der Waals surface area (Å²) in [5, 5.41) is 50.1. The summed E-state index contributed by atoms with van der Waals surface area (Å²) in [4.78, 5) is 51.6. The standard InChI is InChI=1S/C34H30ClF3N2O11/c1-14-26(41)20(40-31(46)34(36,37)38)10-22(50-14)51-21-12-33(48,13-49-32(47)39-16-8-6-15(35)7-9-16)11-19-23(21)30(45)25-24(29(19)44)27(42)17-4-2-3-5-18(17)28(25)43/h2-9,14,20-22,26,41,44-45,48H,10-13H2,1H3,(H,39,47)(H,40,46)/t14-,20-,21-,22-,26-,33-/m0/s1. The van der Waals surface area contributed by atoms with Crippen molar-refractivity contribution in [2.24, 2.45) is 0 Å². The molecule has 1 saturated heterocycles. The Hall–Kier alpha value is -4.74. The molecule has 2 aliphatic carbocycles. The molecule has 0 saturated carbocycles. The number of phenols is 2. The molecule has 0 radical (unpaired) electrons. The van der Waals surface area contributed by atoms with E-state index in [9.17, 15) is 52.8 Å². The van der Waals surface area contributed by atoms with E-state index in [1.807, 2.05) is 0 Å². The minimum Gasteiger partial charge on any atom is -0.507 e. The number of alkyl halides is 3. The first-order valence-electron chi connectivity index (χ1n) is 15.5. The average Bonchev–Trinajstić information content (AvgIpc) is 3.07. The topological polar surface area (TPSA) is 201 Å². The summed E-state index contributed by atoms with van der Waals surface area (Å²) in [6.07, 6.45) is -13.6. The highest BCUT2D eigenvalue weighted by Crippen LogP contribution is 2.52. The van der Waals surface area contributed by atoms with Gasteiger partial charge in [-0.2, -0.15) is 13.2 Å². The number of aliphatic hydroxyl groups excluding tert-OH is 1. The Morgan fingerprint density at radius 3 is 2.24 bits per heavy atom. The minimum atomic E-state index is -5.26. The number of phenolic OH excluding ortho intramolecular Hbond substituents is 2. The molecule has 0 aromatic heterocycles. The molecule has 6 atom stereocenters. The van der Waals surface area contributed by atoms with Crippen molar-refractivity contribution in [3.63, 3.8) is 0 Å². The summed E-state index contributed by atoms with van der Waals surface area (Å²) >= 11 is 5.88. The first-order chi connectivity index (χ1) is 24.0. The van der Waals surface area contributed by atoms with Gasteiger partial charge >= 0.3 is 18.2 Å². The number of fused-ring (bicyclic) bond motifs is 3. The van der Waals surface area contributed by atoms with Crippen LogP contribution in [0.4, 0.5) is 23.7 Å². The second kappa shape index (κ2) is 13.4. The zero-order valence-corrected chi connectivity index (χ0v) is 27.2. The molecule has 3 aromatic carbocycles. The van der Waals surface area contributed by atoms with Gasteiger partial charge in [-0.1, -0.05) is 35.9 Å². The smallest absolute Gasteiger partial charge is 0.471 e. The predicted octanol–water partition coefficient (Wildman–Crippen LogP) is 4.05. The van der Waals surface area contributed by atoms with Gasteiger partial charge in [0.15, 0.2) is 17.9 Å². The van der Waals surface area contributed by atoms with Gasteiger partial charge in [-0.25, -0.2) is 4.79 Å². The maximum absolute atomic E-state index is 13.6. The number of carbonyl (C=O) groups is 4. The lowest BCUT2D eigenvalue weighted by Crippen LogP contribution is -2.57. The monoisotopic (exact) mass is 734 g/mol. The van der Waals surface area contributed by atoms with Crippen molar-refractivity contribution >= 4 is 40.9 Å². The van der Waals surface area contributed by atoms with Crippen molar-refractivity contribution in [1.82, 2.24) is 5.32 Å². The molecule has 1 heterocycles. The Labute approximate surface area is 291 Å². The van der Waals surface area contributed by atoms with Crippen molar-refractivity contribution in [2.75, 3.05) is 11.9 Å². The highest BCUT2D eigenvalue weighted by Gasteiger charge is 2.49. The summed E-state index contributed by atoms with van der Waals surface area (Å²) in [7, 11) is 0. The maximum atomic E-state index is 13.6. The summed E-state index contributed by atoms with van der Waals surface area (Å²) in [6, 6.07) is 10.2. The molecule has 0 unspecified atom stereocenters. The molecule has 1 fully saturated rings. The van der Waals surface area contributed by atoms with Crippen LogP contribution < -0.4 is 10.6 Å². The van der Waals surface area contributed by atoms with E-state index < -0.39 is 114 Å². The van der Waals surface area contributed by atoms with E-state index in [0.717, 1.165) is 0 Å². The molecule has 3 aromatic rings. The van der Waals surface area contributed by atoms with Crippen LogP contribution in [-0.2, 0) is 25.4 Å². The second-order valence-electron chi connectivity index (χ2n) is 12.6. The molecular formula is C34H30ClF3N2O11. The zero-order chi connectivity index (χ0) is 37.0. The Morgan fingerprint density at radius 1 is 1.02 bits per heavy atom. The van der Waals surface area contributed by atoms with Crippen molar-refractivity contribution in [2.45, 2.75) is 68.6 Å². The van der Waals surface area contributed by atoms with Crippen LogP contribution in [0.15, 0.2) is 48.5 Å². The molecule has 13 nitrogen and oxygen atoms in total. The first-order valence-corrected chi connectivity index (χ1v) is 15.9. The number of rotatable bonds is 6. The molecule has 17 heteroatoms. The minimum absolute atomic E-state index is 0.0409. The first kappa shape index (κ1) is 36.1. The number of benzene rings is 3. The van der Waals surface area contributed by atoms with Crippen LogP contribution in [-0.4, -0.2) is 86.9 Å². The molecule has 6 rings (SSSR count). The number of ether oxygens (including phenoxy) is 3. The van der Waals surface area contributed by atoms with Crippen molar-refractivity contribution < 1.29 is 67.0 Å². The van der Waals surface area contributed by atoms with Gasteiger partial charge in [-0.3, -0.25) is 19.7 Å². The molecule has 6 N–H and O–H groups in total. The number of halogens is 4. The highest BCUT2D eigenvalue weighted by molar-refractivity contribution is 6.31. The lowest BCUT2D eigenvalue weighted by Gasteiger charge is -2.43. The van der Waals surface area contributed by atoms with Crippen molar-refractivity contribution in [1.29, 1.82) is 0 Å². The molecule has 0 bridgehead atoms. The van der Waals surface area contributed by atoms with E-state index in [1.54, 1.807) is 5.32 Å². The Balaban J connectivity index is 1.35. The van der Waals surface area contributed by atoms with Gasteiger partial charge in [0, 0.05) is 52.2 Å². The largest absolute Gasteiger partial charge is 0.507 e. The Morgan fingerprint density at radius 2 is 1.63 bits per heavy atom. The normalized spacial score (nSPS) is 25.7. The molecule has 270 valence electrons. The third-order valence-electron chi connectivity index (χ3n) is 9.01. The van der Waals surface area contributed by atoms with Crippen LogP contribution in [0.1, 0.15) is 68.8 Å². The van der Waals surface area contributed by atoms with E-state index in [2.05, 4.69) is 5.32 Å². The van der Waals surface area contributed by atoms with E-state index in [0.29, 0.717) is 10.7 Å². The van der Waals surface area contributed by atoms with Crippen LogP contribution in [0.2, 0.25) is 5.02 Å². The SMILES string of the molecule is C[C@@H]1O[C@@H](O[C@H]2C[C@](O)(COC(=O)Nc3ccc(Cl)cc3)Cc3c(O)c4c(c(O)c32)C(=O)c2ccccc2C4=O)C[C@H](NC(=O)C(F)(F)F)[C@H]1O. The predicted molar refractivity (Wildman–Crippen MR) is 170 cm³/mol. The molecule has 1 aliphatic heterocycles. The summed E-state index contributed by atoms with van der Waals surface area (Å²) in [6.45, 7) is 0.580. The van der Waals surface area contributed by atoms with E-state index >= 15 is 0 Å². The number of aromatic hydroxyl groups is 2. The zero-order valence-electron chi connectivity index (χ0n) is 26.5. The fourth-order valence-corrected chi connectivity index (χ4v) is 6.71. The number of amides is 2. The number of hydrogen-bond acceptors (Lipinski definition) is 11. The van der Waals surface area contributed by atoms with Gasteiger partial charge in [0.05, 0.1) is 29.4 Å². The van der Waals surface area contributed by atoms with Crippen LogP contribution in [0.5, 0.6) is 11.5 Å². The van der Waals surface area contributed by atoms with E-state index in [1.165, 1.54) is 55.5 Å². The van der Waals surface area contributed by atoms with Crippen LogP contribution in [0.25, 0.3) is 0 Å². The summed E-state index contributed by atoms with van der Waals surface area (Å²) < 4.78 is 56.2. The Kier molecular flexibility index (Phi) is 9.49. The third-order valence-corrected chi connectivity index (χ3v) is 9.26. The summed E-state index contributed by atoms with van der Waals surface area (Å²) in [5.74, 6) is -5.42.